The first-order valence-corrected chi connectivity index (χ1v) is 8.57. The van der Waals surface area contributed by atoms with Gasteiger partial charge >= 0.3 is 6.09 Å². The van der Waals surface area contributed by atoms with E-state index in [4.69, 9.17) is 4.74 Å². The van der Waals surface area contributed by atoms with Crippen LogP contribution in [0.5, 0.6) is 0 Å². The molecule has 2 atom stereocenters. The van der Waals surface area contributed by atoms with Gasteiger partial charge in [-0.05, 0) is 46.1 Å². The summed E-state index contributed by atoms with van der Waals surface area (Å²) in [6.07, 6.45) is 0.571. The first-order chi connectivity index (χ1) is 11.6. The molecule has 2 rings (SSSR count). The lowest BCUT2D eigenvalue weighted by Crippen LogP contribution is -2.49. The van der Waals surface area contributed by atoms with E-state index in [1.165, 1.54) is 0 Å². The maximum atomic E-state index is 12.2. The van der Waals surface area contributed by atoms with E-state index in [1.807, 2.05) is 58.0 Å². The van der Waals surface area contributed by atoms with Gasteiger partial charge in [0.2, 0.25) is 0 Å². The minimum atomic E-state index is -0.792. The molecule has 0 bridgehead atoms. The number of aliphatic imine (C=N–C) groups is 1. The van der Waals surface area contributed by atoms with Gasteiger partial charge in [0.15, 0.2) is 0 Å². The number of rotatable bonds is 5. The highest BCUT2D eigenvalue weighted by atomic mass is 16.6. The number of ether oxygens (including phenoxy) is 1. The molecule has 2 N–H and O–H groups in total. The van der Waals surface area contributed by atoms with Crippen molar-refractivity contribution < 1.29 is 14.3 Å². The fourth-order valence-corrected chi connectivity index (χ4v) is 2.52. The van der Waals surface area contributed by atoms with Crippen molar-refractivity contribution in [3.8, 4) is 0 Å². The van der Waals surface area contributed by atoms with Crippen molar-refractivity contribution in [2.45, 2.75) is 64.6 Å². The first-order valence-electron chi connectivity index (χ1n) is 8.57. The van der Waals surface area contributed by atoms with Crippen LogP contribution in [-0.2, 0) is 16.0 Å². The van der Waals surface area contributed by atoms with E-state index in [-0.39, 0.29) is 5.91 Å². The maximum Gasteiger partial charge on any atom is 0.408 e. The lowest BCUT2D eigenvalue weighted by molar-refractivity contribution is -0.123. The highest BCUT2D eigenvalue weighted by molar-refractivity contribution is 6.10. The molecule has 0 fully saturated rings. The zero-order valence-corrected chi connectivity index (χ0v) is 15.6. The summed E-state index contributed by atoms with van der Waals surface area (Å²) in [4.78, 5) is 29.0. The number of amides is 2. The van der Waals surface area contributed by atoms with Gasteiger partial charge in [0, 0.05) is 0 Å². The van der Waals surface area contributed by atoms with Crippen molar-refractivity contribution >= 4 is 17.8 Å². The molecule has 0 saturated heterocycles. The second-order valence-electron chi connectivity index (χ2n) is 7.47. The number of amidine groups is 1. The van der Waals surface area contributed by atoms with Crippen LogP contribution >= 0.6 is 0 Å². The van der Waals surface area contributed by atoms with E-state index >= 15 is 0 Å². The van der Waals surface area contributed by atoms with Gasteiger partial charge in [0.05, 0.1) is 6.04 Å². The predicted octanol–water partition coefficient (Wildman–Crippen LogP) is 2.82. The molecule has 0 radical (unpaired) electrons. The summed E-state index contributed by atoms with van der Waals surface area (Å²) in [6.45, 7) is 9.13. The largest absolute Gasteiger partial charge is 0.444 e. The van der Waals surface area contributed by atoms with Crippen LogP contribution in [0.1, 0.15) is 46.6 Å². The van der Waals surface area contributed by atoms with Gasteiger partial charge in [-0.2, -0.15) is 0 Å². The molecule has 0 saturated carbocycles. The van der Waals surface area contributed by atoms with Gasteiger partial charge in [-0.3, -0.25) is 9.79 Å². The number of carbonyl (C=O) groups is 2. The summed E-state index contributed by atoms with van der Waals surface area (Å²) in [5, 5.41) is 5.66. The molecule has 6 nitrogen and oxygen atoms in total. The van der Waals surface area contributed by atoms with Crippen LogP contribution in [0.25, 0.3) is 0 Å². The summed E-state index contributed by atoms with van der Waals surface area (Å²) in [7, 11) is 0. The minimum absolute atomic E-state index is 0.144. The maximum absolute atomic E-state index is 12.2. The van der Waals surface area contributed by atoms with Crippen molar-refractivity contribution in [3.05, 3.63) is 35.9 Å². The zero-order valence-electron chi connectivity index (χ0n) is 15.6. The summed E-state index contributed by atoms with van der Waals surface area (Å²) in [5.41, 5.74) is -0.356. The summed E-state index contributed by atoms with van der Waals surface area (Å²) in [6, 6.07) is 9.29. The Bertz CT molecular complexity index is 664. The van der Waals surface area contributed by atoms with Crippen LogP contribution in [0, 0.1) is 0 Å². The summed E-state index contributed by atoms with van der Waals surface area (Å²) < 4.78 is 5.35. The van der Waals surface area contributed by atoms with E-state index in [0.29, 0.717) is 18.7 Å². The van der Waals surface area contributed by atoms with Crippen molar-refractivity contribution in [1.29, 1.82) is 0 Å². The van der Waals surface area contributed by atoms with Crippen LogP contribution < -0.4 is 10.6 Å². The van der Waals surface area contributed by atoms with Gasteiger partial charge in [0.25, 0.3) is 5.91 Å². The molecule has 25 heavy (non-hydrogen) atoms. The average Bonchev–Trinajstić information content (AvgIpc) is 2.82. The fraction of sp³-hybridized carbons (Fsp3) is 0.526. The van der Waals surface area contributed by atoms with Gasteiger partial charge in [-0.25, -0.2) is 4.79 Å². The number of nitrogens with one attached hydrogen (secondary N) is 2. The number of hydrogen-bond donors (Lipinski definition) is 2. The van der Waals surface area contributed by atoms with Crippen molar-refractivity contribution in [1.82, 2.24) is 10.6 Å². The Kier molecular flexibility index (Phi) is 5.50. The van der Waals surface area contributed by atoms with Gasteiger partial charge in [-0.15, -0.1) is 0 Å². The minimum Gasteiger partial charge on any atom is -0.444 e. The molecule has 2 amide bonds. The molecule has 1 aliphatic rings. The molecule has 1 unspecified atom stereocenters. The fourth-order valence-electron chi connectivity index (χ4n) is 2.52. The molecule has 0 aliphatic carbocycles. The molecule has 136 valence electrons. The van der Waals surface area contributed by atoms with Gasteiger partial charge in [-0.1, -0.05) is 37.3 Å². The molecule has 1 aromatic rings. The number of nitrogens with zero attached hydrogens (tertiary/aromatic N) is 1. The molecule has 1 aliphatic heterocycles. The summed E-state index contributed by atoms with van der Waals surface area (Å²) in [5.74, 6) is 0.332. The van der Waals surface area contributed by atoms with Crippen LogP contribution in [0.4, 0.5) is 4.79 Å². The smallest absolute Gasteiger partial charge is 0.408 e. The number of benzene rings is 1. The highest BCUT2D eigenvalue weighted by Crippen LogP contribution is 2.21. The van der Waals surface area contributed by atoms with Crippen LogP contribution in [0.3, 0.4) is 0 Å². The van der Waals surface area contributed by atoms with E-state index in [9.17, 15) is 9.59 Å². The molecule has 1 heterocycles. The normalized spacial score (nSPS) is 21.3. The SMILES string of the molecule is CCC1(C)N=C([C@H](Cc2ccccc2)NC(=O)OC(C)(C)C)NC1=O. The molecule has 1 aromatic carbocycles. The number of carbonyl (C=O) groups excluding carboxylic acids is 2. The predicted molar refractivity (Wildman–Crippen MR) is 97.6 cm³/mol. The van der Waals surface area contributed by atoms with E-state index in [2.05, 4.69) is 15.6 Å². The second-order valence-corrected chi connectivity index (χ2v) is 7.47. The van der Waals surface area contributed by atoms with E-state index < -0.39 is 23.3 Å². The average molecular weight is 345 g/mol. The number of alkyl carbamates (subject to hydrolysis) is 1. The topological polar surface area (TPSA) is 79.8 Å². The van der Waals surface area contributed by atoms with Crippen molar-refractivity contribution in [2.75, 3.05) is 0 Å². The Hall–Kier alpha value is -2.37. The first kappa shape index (κ1) is 19.0. The van der Waals surface area contributed by atoms with Crippen LogP contribution in [-0.4, -0.2) is 35.0 Å². The monoisotopic (exact) mass is 345 g/mol. The Morgan fingerprint density at radius 1 is 1.32 bits per heavy atom. The molecule has 0 spiro atoms. The Morgan fingerprint density at radius 2 is 1.96 bits per heavy atom. The zero-order chi connectivity index (χ0) is 18.7. The van der Waals surface area contributed by atoms with Gasteiger partial charge in [0.1, 0.15) is 17.0 Å². The molecule has 6 heteroatoms. The highest BCUT2D eigenvalue weighted by Gasteiger charge is 2.40. The lowest BCUT2D eigenvalue weighted by Gasteiger charge is -2.23. The molecular formula is C19H27N3O3. The van der Waals surface area contributed by atoms with Crippen LogP contribution in [0.2, 0.25) is 0 Å². The van der Waals surface area contributed by atoms with Crippen molar-refractivity contribution in [3.63, 3.8) is 0 Å². The van der Waals surface area contributed by atoms with Crippen molar-refractivity contribution in [2.24, 2.45) is 4.99 Å². The van der Waals surface area contributed by atoms with Crippen LogP contribution in [0.15, 0.2) is 35.3 Å². The molecule has 0 aromatic heterocycles. The molecular weight excluding hydrogens is 318 g/mol. The third kappa shape index (κ3) is 5.05. The Labute approximate surface area is 149 Å². The third-order valence-electron chi connectivity index (χ3n) is 4.09. The standard InChI is InChI=1S/C19H27N3O3/c1-6-19(5)16(23)21-15(22-19)14(12-13-10-8-7-9-11-13)20-17(24)25-18(2,3)4/h7-11,14H,6,12H2,1-5H3,(H,20,24)(H,21,22,23)/t14-,19?/m0/s1. The van der Waals surface area contributed by atoms with Gasteiger partial charge < -0.3 is 15.4 Å². The second kappa shape index (κ2) is 7.25. The summed E-state index contributed by atoms with van der Waals surface area (Å²) >= 11 is 0. The number of hydrogen-bond acceptors (Lipinski definition) is 4. The third-order valence-corrected chi connectivity index (χ3v) is 4.09. The lowest BCUT2D eigenvalue weighted by atomic mass is 10.0. The Balaban J connectivity index is 2.22. The van der Waals surface area contributed by atoms with E-state index in [0.717, 1.165) is 5.56 Å². The van der Waals surface area contributed by atoms with E-state index in [1.54, 1.807) is 6.92 Å². The quantitative estimate of drug-likeness (QED) is 0.861. The Morgan fingerprint density at radius 3 is 2.48 bits per heavy atom.